The monoisotopic (exact) mass is 347 g/mol. The van der Waals surface area contributed by atoms with E-state index in [4.69, 9.17) is 10.5 Å². The molecular weight excluding hydrogens is 335 g/mol. The average Bonchev–Trinajstić information content (AvgIpc) is 2.36. The van der Waals surface area contributed by atoms with Gasteiger partial charge in [0.15, 0.2) is 0 Å². The molecule has 0 saturated carbocycles. The maximum Gasteiger partial charge on any atom is 0.426 e. The topological polar surface area (TPSA) is 35.2 Å². The number of rotatable bonds is 3. The Bertz CT molecular complexity index is 613. The standard InChI is InChI=1S/C14H13BrF3NO/c1-8(19)13(14(16,17)18)20-11-7-6-9-4-2-3-5-10(9)12(11)15/h2-8,13H,19H2,1H3. The van der Waals surface area contributed by atoms with Gasteiger partial charge in [-0.15, -0.1) is 0 Å². The van der Waals surface area contributed by atoms with Crippen LogP contribution < -0.4 is 10.5 Å². The molecule has 0 bridgehead atoms. The molecule has 0 aromatic heterocycles. The number of nitrogens with two attached hydrogens (primary N) is 1. The van der Waals surface area contributed by atoms with E-state index in [2.05, 4.69) is 15.9 Å². The molecule has 20 heavy (non-hydrogen) atoms. The molecule has 2 nitrogen and oxygen atoms in total. The van der Waals surface area contributed by atoms with Gasteiger partial charge in [-0.1, -0.05) is 30.3 Å². The van der Waals surface area contributed by atoms with Crippen LogP contribution in [0.15, 0.2) is 40.9 Å². The Labute approximate surface area is 122 Å². The fourth-order valence-corrected chi connectivity index (χ4v) is 2.50. The molecule has 0 amide bonds. The van der Waals surface area contributed by atoms with Gasteiger partial charge in [-0.05, 0) is 39.7 Å². The van der Waals surface area contributed by atoms with Gasteiger partial charge in [-0.2, -0.15) is 13.2 Å². The van der Waals surface area contributed by atoms with Crippen molar-refractivity contribution in [2.75, 3.05) is 0 Å². The van der Waals surface area contributed by atoms with Crippen molar-refractivity contribution in [3.8, 4) is 5.75 Å². The molecule has 6 heteroatoms. The van der Waals surface area contributed by atoms with Crippen LogP contribution in [0.1, 0.15) is 6.92 Å². The summed E-state index contributed by atoms with van der Waals surface area (Å²) in [6.45, 7) is 1.27. The summed E-state index contributed by atoms with van der Waals surface area (Å²) in [4.78, 5) is 0. The molecule has 2 N–H and O–H groups in total. The zero-order chi connectivity index (χ0) is 14.9. The summed E-state index contributed by atoms with van der Waals surface area (Å²) in [7, 11) is 0. The van der Waals surface area contributed by atoms with Gasteiger partial charge in [0, 0.05) is 6.04 Å². The van der Waals surface area contributed by atoms with Crippen LogP contribution in [-0.4, -0.2) is 18.3 Å². The molecule has 0 fully saturated rings. The van der Waals surface area contributed by atoms with Crippen molar-refractivity contribution in [1.82, 2.24) is 0 Å². The number of ether oxygens (including phenoxy) is 1. The first-order chi connectivity index (χ1) is 9.30. The zero-order valence-corrected chi connectivity index (χ0v) is 12.2. The zero-order valence-electron chi connectivity index (χ0n) is 10.6. The summed E-state index contributed by atoms with van der Waals surface area (Å²) < 4.78 is 44.2. The van der Waals surface area contributed by atoms with Crippen molar-refractivity contribution in [2.24, 2.45) is 5.73 Å². The minimum atomic E-state index is -4.51. The van der Waals surface area contributed by atoms with Crippen molar-refractivity contribution in [3.63, 3.8) is 0 Å². The van der Waals surface area contributed by atoms with Gasteiger partial charge in [0.05, 0.1) is 4.47 Å². The third-order valence-corrected chi connectivity index (χ3v) is 3.70. The van der Waals surface area contributed by atoms with Crippen LogP contribution in [0.5, 0.6) is 5.75 Å². The lowest BCUT2D eigenvalue weighted by molar-refractivity contribution is -0.199. The van der Waals surface area contributed by atoms with Crippen LogP contribution >= 0.6 is 15.9 Å². The van der Waals surface area contributed by atoms with E-state index < -0.39 is 18.3 Å². The van der Waals surface area contributed by atoms with E-state index in [1.54, 1.807) is 12.1 Å². The Morgan fingerprint density at radius 3 is 2.40 bits per heavy atom. The predicted octanol–water partition coefficient (Wildman–Crippen LogP) is 4.26. The van der Waals surface area contributed by atoms with Crippen LogP contribution in [-0.2, 0) is 0 Å². The highest BCUT2D eigenvalue weighted by Gasteiger charge is 2.44. The summed E-state index contributed by atoms with van der Waals surface area (Å²) >= 11 is 3.29. The quantitative estimate of drug-likeness (QED) is 0.900. The van der Waals surface area contributed by atoms with Crippen LogP contribution in [0, 0.1) is 0 Å². The maximum absolute atomic E-state index is 12.9. The largest absolute Gasteiger partial charge is 0.478 e. The summed E-state index contributed by atoms with van der Waals surface area (Å²) in [6, 6.07) is 9.41. The molecule has 0 aliphatic rings. The van der Waals surface area contributed by atoms with Crippen molar-refractivity contribution >= 4 is 26.7 Å². The highest BCUT2D eigenvalue weighted by atomic mass is 79.9. The highest BCUT2D eigenvalue weighted by Crippen LogP contribution is 2.36. The third-order valence-electron chi connectivity index (χ3n) is 2.88. The smallest absolute Gasteiger partial charge is 0.426 e. The Morgan fingerprint density at radius 2 is 1.80 bits per heavy atom. The molecule has 0 spiro atoms. The van der Waals surface area contributed by atoms with Gasteiger partial charge in [-0.3, -0.25) is 0 Å². The second-order valence-electron chi connectivity index (χ2n) is 4.54. The van der Waals surface area contributed by atoms with Gasteiger partial charge in [0.25, 0.3) is 0 Å². The first kappa shape index (κ1) is 15.1. The van der Waals surface area contributed by atoms with E-state index in [1.165, 1.54) is 13.0 Å². The average molecular weight is 348 g/mol. The van der Waals surface area contributed by atoms with E-state index in [1.807, 2.05) is 18.2 Å². The van der Waals surface area contributed by atoms with Gasteiger partial charge in [0.2, 0.25) is 6.10 Å². The summed E-state index contributed by atoms with van der Waals surface area (Å²) in [5, 5.41) is 1.70. The van der Waals surface area contributed by atoms with E-state index in [-0.39, 0.29) is 5.75 Å². The van der Waals surface area contributed by atoms with Crippen LogP contribution in [0.4, 0.5) is 13.2 Å². The molecule has 2 aromatic rings. The van der Waals surface area contributed by atoms with Crippen LogP contribution in [0.3, 0.4) is 0 Å². The molecule has 2 atom stereocenters. The summed E-state index contributed by atoms with van der Waals surface area (Å²) in [5.41, 5.74) is 5.37. The van der Waals surface area contributed by atoms with Crippen LogP contribution in [0.2, 0.25) is 0 Å². The third kappa shape index (κ3) is 3.07. The molecule has 0 saturated heterocycles. The van der Waals surface area contributed by atoms with E-state index in [9.17, 15) is 13.2 Å². The SMILES string of the molecule is CC(N)C(Oc1ccc2ccccc2c1Br)C(F)(F)F. The van der Waals surface area contributed by atoms with Gasteiger partial charge < -0.3 is 10.5 Å². The molecule has 2 unspecified atom stereocenters. The fourth-order valence-electron chi connectivity index (χ4n) is 1.91. The fraction of sp³-hybridized carbons (Fsp3) is 0.286. The number of benzene rings is 2. The Balaban J connectivity index is 2.40. The van der Waals surface area contributed by atoms with E-state index in [0.29, 0.717) is 4.47 Å². The number of fused-ring (bicyclic) bond motifs is 1. The minimum Gasteiger partial charge on any atom is -0.478 e. The second-order valence-corrected chi connectivity index (χ2v) is 5.33. The summed E-state index contributed by atoms with van der Waals surface area (Å²) in [5.74, 6) is 0.128. The molecule has 108 valence electrons. The van der Waals surface area contributed by atoms with Gasteiger partial charge >= 0.3 is 6.18 Å². The molecule has 0 radical (unpaired) electrons. The Morgan fingerprint density at radius 1 is 1.15 bits per heavy atom. The minimum absolute atomic E-state index is 0.128. The molecule has 0 heterocycles. The lowest BCUT2D eigenvalue weighted by Gasteiger charge is -2.25. The molecule has 0 aliphatic heterocycles. The second kappa shape index (κ2) is 5.61. The predicted molar refractivity (Wildman–Crippen MR) is 75.8 cm³/mol. The molecule has 2 aromatic carbocycles. The Kier molecular flexibility index (Phi) is 4.25. The first-order valence-corrected chi connectivity index (χ1v) is 6.76. The number of alkyl halides is 3. The lowest BCUT2D eigenvalue weighted by Crippen LogP contribution is -2.47. The maximum atomic E-state index is 12.9. The number of hydrogen-bond donors (Lipinski definition) is 1. The number of halogens is 4. The normalized spacial score (nSPS) is 15.1. The highest BCUT2D eigenvalue weighted by molar-refractivity contribution is 9.10. The van der Waals surface area contributed by atoms with Gasteiger partial charge in [0.1, 0.15) is 5.75 Å². The lowest BCUT2D eigenvalue weighted by atomic mass is 10.1. The van der Waals surface area contributed by atoms with Crippen molar-refractivity contribution in [1.29, 1.82) is 0 Å². The van der Waals surface area contributed by atoms with Crippen molar-refractivity contribution in [2.45, 2.75) is 25.2 Å². The van der Waals surface area contributed by atoms with E-state index in [0.717, 1.165) is 10.8 Å². The van der Waals surface area contributed by atoms with Gasteiger partial charge in [-0.25, -0.2) is 0 Å². The van der Waals surface area contributed by atoms with Crippen LogP contribution in [0.25, 0.3) is 10.8 Å². The van der Waals surface area contributed by atoms with Crippen molar-refractivity contribution < 1.29 is 17.9 Å². The number of hydrogen-bond acceptors (Lipinski definition) is 2. The molecule has 0 aliphatic carbocycles. The Hall–Kier alpha value is -1.27. The van der Waals surface area contributed by atoms with E-state index >= 15 is 0 Å². The molecule has 2 rings (SSSR count). The first-order valence-electron chi connectivity index (χ1n) is 5.97. The summed E-state index contributed by atoms with van der Waals surface area (Å²) in [6.07, 6.45) is -6.56. The van der Waals surface area contributed by atoms with Crippen molar-refractivity contribution in [3.05, 3.63) is 40.9 Å². The molecular formula is C14H13BrF3NO.